The molecule has 18 heavy (non-hydrogen) atoms. The van der Waals surface area contributed by atoms with Crippen molar-refractivity contribution in [2.45, 2.75) is 20.3 Å². The molecule has 1 aromatic carbocycles. The third-order valence-electron chi connectivity index (χ3n) is 2.56. The topological polar surface area (TPSA) is 37.8 Å². The van der Waals surface area contributed by atoms with Crippen molar-refractivity contribution < 1.29 is 0 Å². The average molecular weight is 306 g/mol. The predicted octanol–water partition coefficient (Wildman–Crippen LogP) is 4.04. The molecule has 4 heteroatoms. The Labute approximate surface area is 116 Å². The zero-order chi connectivity index (χ0) is 13.0. The molecule has 0 amide bonds. The Balaban J connectivity index is 2.34. The van der Waals surface area contributed by atoms with E-state index in [1.165, 1.54) is 5.56 Å². The fraction of sp³-hybridized carbons (Fsp3) is 0.286. The lowest BCUT2D eigenvalue weighted by molar-refractivity contribution is 0.963. The first kappa shape index (κ1) is 13.0. The number of halogens is 1. The third kappa shape index (κ3) is 3.07. The molecule has 0 unspecified atom stereocenters. The van der Waals surface area contributed by atoms with Gasteiger partial charge in [0.1, 0.15) is 5.82 Å². The molecule has 0 aliphatic heterocycles. The Morgan fingerprint density at radius 3 is 2.89 bits per heavy atom. The van der Waals surface area contributed by atoms with Crippen LogP contribution in [-0.2, 0) is 0 Å². The number of nitrogens with zero attached hydrogens (tertiary/aromatic N) is 2. The summed E-state index contributed by atoms with van der Waals surface area (Å²) >= 11 is 3.46. The Bertz CT molecular complexity index is 540. The number of anilines is 1. The van der Waals surface area contributed by atoms with Gasteiger partial charge in [0.15, 0.2) is 5.82 Å². The van der Waals surface area contributed by atoms with Gasteiger partial charge < -0.3 is 5.32 Å². The summed E-state index contributed by atoms with van der Waals surface area (Å²) in [5.74, 6) is 1.60. The van der Waals surface area contributed by atoms with E-state index in [9.17, 15) is 0 Å². The van der Waals surface area contributed by atoms with E-state index in [4.69, 9.17) is 0 Å². The Morgan fingerprint density at radius 1 is 1.33 bits per heavy atom. The molecule has 0 fully saturated rings. The highest BCUT2D eigenvalue weighted by Gasteiger charge is 2.06. The van der Waals surface area contributed by atoms with Crippen LogP contribution in [0.2, 0.25) is 0 Å². The lowest BCUT2D eigenvalue weighted by atomic mass is 10.1. The van der Waals surface area contributed by atoms with Crippen LogP contribution in [0, 0.1) is 6.92 Å². The monoisotopic (exact) mass is 305 g/mol. The molecule has 0 atom stereocenters. The van der Waals surface area contributed by atoms with Crippen LogP contribution in [0.25, 0.3) is 11.4 Å². The summed E-state index contributed by atoms with van der Waals surface area (Å²) in [5, 5.41) is 3.29. The molecule has 3 nitrogen and oxygen atoms in total. The highest BCUT2D eigenvalue weighted by atomic mass is 79.9. The molecule has 0 aliphatic rings. The summed E-state index contributed by atoms with van der Waals surface area (Å²) < 4.78 is 0.896. The van der Waals surface area contributed by atoms with Crippen LogP contribution in [0.3, 0.4) is 0 Å². The van der Waals surface area contributed by atoms with Gasteiger partial charge in [-0.2, -0.15) is 0 Å². The largest absolute Gasteiger partial charge is 0.369 e. The van der Waals surface area contributed by atoms with Crippen LogP contribution in [0.4, 0.5) is 5.82 Å². The van der Waals surface area contributed by atoms with Gasteiger partial charge in [-0.25, -0.2) is 9.97 Å². The van der Waals surface area contributed by atoms with E-state index in [1.54, 1.807) is 6.20 Å². The Morgan fingerprint density at radius 2 is 2.17 bits per heavy atom. The highest BCUT2D eigenvalue weighted by Crippen LogP contribution is 2.23. The van der Waals surface area contributed by atoms with Gasteiger partial charge in [-0.15, -0.1) is 0 Å². The van der Waals surface area contributed by atoms with Gasteiger partial charge in [-0.05, 0) is 35.3 Å². The van der Waals surface area contributed by atoms with Gasteiger partial charge >= 0.3 is 0 Å². The average Bonchev–Trinajstić information content (AvgIpc) is 2.38. The maximum absolute atomic E-state index is 4.55. The number of hydrogen-bond acceptors (Lipinski definition) is 3. The number of aryl methyl sites for hydroxylation is 1. The molecule has 0 saturated heterocycles. The smallest absolute Gasteiger partial charge is 0.161 e. The van der Waals surface area contributed by atoms with E-state index in [0.29, 0.717) is 0 Å². The van der Waals surface area contributed by atoms with Crippen molar-refractivity contribution in [3.8, 4) is 11.4 Å². The van der Waals surface area contributed by atoms with Crippen molar-refractivity contribution in [3.63, 3.8) is 0 Å². The molecule has 0 spiro atoms. The van der Waals surface area contributed by atoms with Gasteiger partial charge in [-0.1, -0.05) is 30.7 Å². The van der Waals surface area contributed by atoms with Crippen molar-refractivity contribution in [1.82, 2.24) is 9.97 Å². The molecule has 2 rings (SSSR count). The van der Waals surface area contributed by atoms with Crippen LogP contribution in [-0.4, -0.2) is 16.5 Å². The zero-order valence-corrected chi connectivity index (χ0v) is 12.2. The second kappa shape index (κ2) is 5.96. The molecule has 0 saturated carbocycles. The third-order valence-corrected chi connectivity index (χ3v) is 3.14. The molecule has 0 aliphatic carbocycles. The van der Waals surface area contributed by atoms with E-state index in [0.717, 1.165) is 34.6 Å². The second-order valence-corrected chi connectivity index (χ2v) is 5.04. The normalized spacial score (nSPS) is 10.4. The Hall–Kier alpha value is -1.42. The number of aromatic nitrogens is 2. The molecule has 0 bridgehead atoms. The number of hydrogen-bond donors (Lipinski definition) is 1. The number of rotatable bonds is 4. The lowest BCUT2D eigenvalue weighted by Gasteiger charge is -2.08. The van der Waals surface area contributed by atoms with Crippen molar-refractivity contribution >= 4 is 21.7 Å². The maximum atomic E-state index is 4.55. The van der Waals surface area contributed by atoms with E-state index in [2.05, 4.69) is 57.2 Å². The lowest BCUT2D eigenvalue weighted by Crippen LogP contribution is -2.04. The quantitative estimate of drug-likeness (QED) is 0.926. The van der Waals surface area contributed by atoms with Gasteiger partial charge in [0.25, 0.3) is 0 Å². The molecule has 2 aromatic rings. The summed E-state index contributed by atoms with van der Waals surface area (Å²) in [6, 6.07) is 8.21. The highest BCUT2D eigenvalue weighted by molar-refractivity contribution is 9.10. The van der Waals surface area contributed by atoms with Crippen molar-refractivity contribution in [3.05, 3.63) is 40.5 Å². The first-order valence-electron chi connectivity index (χ1n) is 6.04. The van der Waals surface area contributed by atoms with E-state index in [-0.39, 0.29) is 0 Å². The Kier molecular flexibility index (Phi) is 4.31. The maximum Gasteiger partial charge on any atom is 0.161 e. The van der Waals surface area contributed by atoms with Gasteiger partial charge in [-0.3, -0.25) is 0 Å². The number of nitrogens with one attached hydrogen (secondary N) is 1. The molecule has 1 aromatic heterocycles. The van der Waals surface area contributed by atoms with Crippen molar-refractivity contribution in [2.24, 2.45) is 0 Å². The predicted molar refractivity (Wildman–Crippen MR) is 78.7 cm³/mol. The van der Waals surface area contributed by atoms with E-state index >= 15 is 0 Å². The minimum absolute atomic E-state index is 0.750. The summed E-state index contributed by atoms with van der Waals surface area (Å²) in [7, 11) is 0. The van der Waals surface area contributed by atoms with Crippen LogP contribution in [0.1, 0.15) is 18.9 Å². The van der Waals surface area contributed by atoms with Crippen molar-refractivity contribution in [2.75, 3.05) is 11.9 Å². The summed E-state index contributed by atoms with van der Waals surface area (Å²) in [5.41, 5.74) is 2.25. The fourth-order valence-corrected chi connectivity index (χ4v) is 1.99. The van der Waals surface area contributed by atoms with Crippen LogP contribution >= 0.6 is 15.9 Å². The molecular formula is C14H16BrN3. The van der Waals surface area contributed by atoms with Crippen LogP contribution < -0.4 is 5.32 Å². The van der Waals surface area contributed by atoms with Gasteiger partial charge in [0, 0.05) is 18.3 Å². The van der Waals surface area contributed by atoms with Crippen LogP contribution in [0.15, 0.2) is 34.9 Å². The zero-order valence-electron chi connectivity index (χ0n) is 10.6. The molecular weight excluding hydrogens is 290 g/mol. The summed E-state index contributed by atoms with van der Waals surface area (Å²) in [4.78, 5) is 8.91. The molecule has 1 N–H and O–H groups in total. The SMILES string of the molecule is CCCNc1nc(-c2cccc(C)c2)ncc1Br. The van der Waals surface area contributed by atoms with Gasteiger partial charge in [0.05, 0.1) is 4.47 Å². The molecule has 1 heterocycles. The molecule has 0 radical (unpaired) electrons. The second-order valence-electron chi connectivity index (χ2n) is 4.19. The van der Waals surface area contributed by atoms with E-state index < -0.39 is 0 Å². The number of benzene rings is 1. The fourth-order valence-electron chi connectivity index (χ4n) is 1.66. The molecule has 94 valence electrons. The van der Waals surface area contributed by atoms with Crippen molar-refractivity contribution in [1.29, 1.82) is 0 Å². The standard InChI is InChI=1S/C14H16BrN3/c1-3-7-16-14-12(15)9-17-13(18-14)11-6-4-5-10(2)8-11/h4-6,8-9H,3,7H2,1-2H3,(H,16,17,18). The minimum atomic E-state index is 0.750. The van der Waals surface area contributed by atoms with E-state index in [1.807, 2.05) is 12.1 Å². The van der Waals surface area contributed by atoms with Crippen LogP contribution in [0.5, 0.6) is 0 Å². The van der Waals surface area contributed by atoms with Gasteiger partial charge in [0.2, 0.25) is 0 Å². The summed E-state index contributed by atoms with van der Waals surface area (Å²) in [6.45, 7) is 5.10. The first-order chi connectivity index (χ1) is 8.70. The summed E-state index contributed by atoms with van der Waals surface area (Å²) in [6.07, 6.45) is 2.86. The minimum Gasteiger partial charge on any atom is -0.369 e. The first-order valence-corrected chi connectivity index (χ1v) is 6.83.